The van der Waals surface area contributed by atoms with Gasteiger partial charge in [0.25, 0.3) is 0 Å². The number of hydrogen-bond donors (Lipinski definition) is 1. The van der Waals surface area contributed by atoms with Gasteiger partial charge in [0.2, 0.25) is 5.91 Å². The summed E-state index contributed by atoms with van der Waals surface area (Å²) >= 11 is 0. The minimum absolute atomic E-state index is 0.00567. The first-order valence-corrected chi connectivity index (χ1v) is 7.32. The van der Waals surface area contributed by atoms with Crippen LogP contribution in [0.5, 0.6) is 0 Å². The Bertz CT molecular complexity index is 265. The average molecular weight is 272 g/mol. The van der Waals surface area contributed by atoms with Crippen molar-refractivity contribution in [2.45, 2.75) is 54.4 Å². The average Bonchev–Trinajstić information content (AvgIpc) is 2.27. The van der Waals surface area contributed by atoms with E-state index in [-0.39, 0.29) is 11.3 Å². The molecule has 0 bridgehead atoms. The zero-order valence-corrected chi connectivity index (χ0v) is 13.5. The molecule has 0 aliphatic heterocycles. The number of hydrazine groups is 1. The molecule has 19 heavy (non-hydrogen) atoms. The molecule has 0 aromatic heterocycles. The van der Waals surface area contributed by atoms with E-state index in [0.29, 0.717) is 31.4 Å². The fourth-order valence-corrected chi connectivity index (χ4v) is 1.67. The number of hydrogen-bond acceptors (Lipinski definition) is 3. The molecule has 114 valence electrons. The van der Waals surface area contributed by atoms with Gasteiger partial charge in [-0.15, -0.1) is 0 Å². The standard InChI is InChI=1S/C15H32N2O2/c1-7-8-14(18)17(16)10-15(5,6)11-19-9-13(4)12(2)3/h12-13H,7-11,16H2,1-6H3. The largest absolute Gasteiger partial charge is 0.381 e. The molecule has 0 saturated heterocycles. The highest BCUT2D eigenvalue weighted by Crippen LogP contribution is 2.18. The summed E-state index contributed by atoms with van der Waals surface area (Å²) in [4.78, 5) is 11.7. The van der Waals surface area contributed by atoms with Gasteiger partial charge >= 0.3 is 0 Å². The Kier molecular flexibility index (Phi) is 8.26. The zero-order valence-electron chi connectivity index (χ0n) is 13.5. The second-order valence-corrected chi connectivity index (χ2v) is 6.67. The summed E-state index contributed by atoms with van der Waals surface area (Å²) in [6.45, 7) is 14.6. The van der Waals surface area contributed by atoms with Gasteiger partial charge in [-0.1, -0.05) is 41.5 Å². The molecule has 0 aliphatic rings. The second kappa shape index (κ2) is 8.54. The van der Waals surface area contributed by atoms with Gasteiger partial charge in [-0.25, -0.2) is 5.84 Å². The van der Waals surface area contributed by atoms with E-state index in [1.807, 2.05) is 6.92 Å². The fraction of sp³-hybridized carbons (Fsp3) is 0.933. The van der Waals surface area contributed by atoms with Crippen molar-refractivity contribution in [3.05, 3.63) is 0 Å². The van der Waals surface area contributed by atoms with Gasteiger partial charge in [0.15, 0.2) is 0 Å². The first kappa shape index (κ1) is 18.4. The SMILES string of the molecule is CCCC(=O)N(N)CC(C)(C)COCC(C)C(C)C. The van der Waals surface area contributed by atoms with Crippen molar-refractivity contribution < 1.29 is 9.53 Å². The van der Waals surface area contributed by atoms with Gasteiger partial charge in [-0.2, -0.15) is 0 Å². The number of nitrogens with zero attached hydrogens (tertiary/aromatic N) is 1. The van der Waals surface area contributed by atoms with E-state index < -0.39 is 0 Å². The lowest BCUT2D eigenvalue weighted by Crippen LogP contribution is -2.45. The number of carbonyl (C=O) groups excluding carboxylic acids is 1. The lowest BCUT2D eigenvalue weighted by molar-refractivity contribution is -0.133. The maximum absolute atomic E-state index is 11.7. The van der Waals surface area contributed by atoms with Gasteiger partial charge in [0.05, 0.1) is 6.61 Å². The number of rotatable bonds is 9. The molecule has 0 radical (unpaired) electrons. The number of ether oxygens (including phenoxy) is 1. The highest BCUT2D eigenvalue weighted by atomic mass is 16.5. The summed E-state index contributed by atoms with van der Waals surface area (Å²) in [5.41, 5.74) is -0.116. The molecule has 0 aromatic rings. The predicted octanol–water partition coefficient (Wildman–Crippen LogP) is 2.82. The number of amides is 1. The van der Waals surface area contributed by atoms with E-state index in [1.165, 1.54) is 5.01 Å². The third-order valence-electron chi connectivity index (χ3n) is 3.39. The van der Waals surface area contributed by atoms with Crippen LogP contribution >= 0.6 is 0 Å². The topological polar surface area (TPSA) is 55.6 Å². The van der Waals surface area contributed by atoms with E-state index in [0.717, 1.165) is 13.0 Å². The molecule has 0 saturated carbocycles. The summed E-state index contributed by atoms with van der Waals surface area (Å²) in [6.07, 6.45) is 1.34. The summed E-state index contributed by atoms with van der Waals surface area (Å²) < 4.78 is 5.77. The molecule has 1 amide bonds. The van der Waals surface area contributed by atoms with Crippen LogP contribution in [0.3, 0.4) is 0 Å². The third kappa shape index (κ3) is 8.22. The Morgan fingerprint density at radius 3 is 2.37 bits per heavy atom. The Labute approximate surface area is 118 Å². The lowest BCUT2D eigenvalue weighted by atomic mass is 9.94. The maximum atomic E-state index is 11.7. The monoisotopic (exact) mass is 272 g/mol. The second-order valence-electron chi connectivity index (χ2n) is 6.67. The van der Waals surface area contributed by atoms with E-state index in [1.54, 1.807) is 0 Å². The number of carbonyl (C=O) groups is 1. The fourth-order valence-electron chi connectivity index (χ4n) is 1.67. The van der Waals surface area contributed by atoms with Crippen LogP contribution in [0.25, 0.3) is 0 Å². The minimum atomic E-state index is -0.116. The maximum Gasteiger partial charge on any atom is 0.236 e. The van der Waals surface area contributed by atoms with E-state index >= 15 is 0 Å². The predicted molar refractivity (Wildman–Crippen MR) is 79.4 cm³/mol. The highest BCUT2D eigenvalue weighted by molar-refractivity contribution is 5.75. The van der Waals surface area contributed by atoms with E-state index in [9.17, 15) is 4.79 Å². The highest BCUT2D eigenvalue weighted by Gasteiger charge is 2.23. The molecule has 1 unspecified atom stereocenters. The smallest absolute Gasteiger partial charge is 0.236 e. The van der Waals surface area contributed by atoms with Crippen molar-refractivity contribution in [1.29, 1.82) is 0 Å². The van der Waals surface area contributed by atoms with Crippen LogP contribution < -0.4 is 5.84 Å². The van der Waals surface area contributed by atoms with Crippen molar-refractivity contribution >= 4 is 5.91 Å². The Morgan fingerprint density at radius 1 is 1.32 bits per heavy atom. The van der Waals surface area contributed by atoms with E-state index in [4.69, 9.17) is 10.6 Å². The molecule has 4 heteroatoms. The van der Waals surface area contributed by atoms with Gasteiger partial charge < -0.3 is 4.74 Å². The zero-order chi connectivity index (χ0) is 15.1. The normalized spacial score (nSPS) is 13.7. The Morgan fingerprint density at radius 2 is 1.89 bits per heavy atom. The molecule has 2 N–H and O–H groups in total. The van der Waals surface area contributed by atoms with Crippen molar-refractivity contribution in [3.8, 4) is 0 Å². The molecule has 0 heterocycles. The third-order valence-corrected chi connectivity index (χ3v) is 3.39. The quantitative estimate of drug-likeness (QED) is 0.399. The van der Waals surface area contributed by atoms with Gasteiger partial charge in [-0.3, -0.25) is 9.80 Å². The van der Waals surface area contributed by atoms with Crippen LogP contribution in [-0.2, 0) is 9.53 Å². The molecule has 0 rings (SSSR count). The molecule has 0 spiro atoms. The van der Waals surface area contributed by atoms with Crippen LogP contribution in [0.2, 0.25) is 0 Å². The van der Waals surface area contributed by atoms with Crippen molar-refractivity contribution in [3.63, 3.8) is 0 Å². The molecule has 1 atom stereocenters. The van der Waals surface area contributed by atoms with Crippen LogP contribution in [-0.4, -0.2) is 30.7 Å². The van der Waals surface area contributed by atoms with E-state index in [2.05, 4.69) is 34.6 Å². The summed E-state index contributed by atoms with van der Waals surface area (Å²) in [5.74, 6) is 6.98. The molecule has 0 fully saturated rings. The van der Waals surface area contributed by atoms with Crippen molar-refractivity contribution in [2.75, 3.05) is 19.8 Å². The first-order valence-electron chi connectivity index (χ1n) is 7.32. The van der Waals surface area contributed by atoms with Gasteiger partial charge in [-0.05, 0) is 18.3 Å². The Balaban J connectivity index is 4.07. The van der Waals surface area contributed by atoms with Crippen LogP contribution in [0.4, 0.5) is 0 Å². The molecule has 0 aromatic carbocycles. The van der Waals surface area contributed by atoms with Gasteiger partial charge in [0.1, 0.15) is 0 Å². The lowest BCUT2D eigenvalue weighted by Gasteiger charge is -2.30. The molecular weight excluding hydrogens is 240 g/mol. The van der Waals surface area contributed by atoms with Gasteiger partial charge in [0, 0.05) is 25.0 Å². The van der Waals surface area contributed by atoms with Crippen molar-refractivity contribution in [1.82, 2.24) is 5.01 Å². The summed E-state index contributed by atoms with van der Waals surface area (Å²) in [7, 11) is 0. The van der Waals surface area contributed by atoms with Crippen LogP contribution in [0.1, 0.15) is 54.4 Å². The molecule has 0 aliphatic carbocycles. The Hall–Kier alpha value is -0.610. The van der Waals surface area contributed by atoms with Crippen LogP contribution in [0.15, 0.2) is 0 Å². The first-order chi connectivity index (χ1) is 8.69. The summed E-state index contributed by atoms with van der Waals surface area (Å²) in [6, 6.07) is 0. The summed E-state index contributed by atoms with van der Waals surface area (Å²) in [5, 5.41) is 1.33. The molecule has 4 nitrogen and oxygen atoms in total. The number of nitrogens with two attached hydrogens (primary N) is 1. The van der Waals surface area contributed by atoms with Crippen LogP contribution in [0, 0.1) is 17.3 Å². The minimum Gasteiger partial charge on any atom is -0.381 e. The molecular formula is C15H32N2O2. The van der Waals surface area contributed by atoms with Crippen molar-refractivity contribution in [2.24, 2.45) is 23.1 Å².